The Kier molecular flexibility index (Phi) is 8.92. The summed E-state index contributed by atoms with van der Waals surface area (Å²) in [4.78, 5) is 16.6. The normalized spacial score (nSPS) is 21.9. The lowest BCUT2D eigenvalue weighted by Crippen LogP contribution is -2.59. The Hall–Kier alpha value is -1.85. The number of carbonyl (C=O) groups excluding carboxylic acids is 1. The second kappa shape index (κ2) is 11.0. The van der Waals surface area contributed by atoms with Crippen LogP contribution in [-0.2, 0) is 16.0 Å². The van der Waals surface area contributed by atoms with Gasteiger partial charge in [0.05, 0.1) is 23.8 Å². The van der Waals surface area contributed by atoms with Crippen LogP contribution in [0.25, 0.3) is 0 Å². The van der Waals surface area contributed by atoms with Crippen molar-refractivity contribution < 1.29 is 14.3 Å². The van der Waals surface area contributed by atoms with Gasteiger partial charge in [-0.3, -0.25) is 9.80 Å². The molecule has 0 aliphatic carbocycles. The second-order valence-corrected chi connectivity index (χ2v) is 8.92. The first kappa shape index (κ1) is 24.4. The summed E-state index contributed by atoms with van der Waals surface area (Å²) in [7, 11) is 0. The number of nitrogens with zero attached hydrogens (tertiary/aromatic N) is 3. The summed E-state index contributed by atoms with van der Waals surface area (Å²) < 4.78 is 11.4. The largest absolute Gasteiger partial charge is 0.444 e. The molecule has 1 N–H and O–H groups in total. The van der Waals surface area contributed by atoms with Crippen molar-refractivity contribution in [2.24, 2.45) is 0 Å². The van der Waals surface area contributed by atoms with Crippen molar-refractivity contribution in [3.8, 4) is 6.07 Å². The molecule has 2 bridgehead atoms. The molecule has 2 heterocycles. The summed E-state index contributed by atoms with van der Waals surface area (Å²) in [5.74, 6) is 0. The molecule has 2 aliphatic rings. The fraction of sp³-hybridized carbons (Fsp3) is 0.636. The second-order valence-electron chi connectivity index (χ2n) is 8.92. The first-order valence-electron chi connectivity index (χ1n) is 10.4. The molecule has 2 unspecified atom stereocenters. The summed E-state index contributed by atoms with van der Waals surface area (Å²) in [6.07, 6.45) is 0.988. The van der Waals surface area contributed by atoms with E-state index < -0.39 is 5.60 Å². The number of hydrogen-bond acceptors (Lipinski definition) is 6. The molecule has 2 aliphatic heterocycles. The van der Waals surface area contributed by atoms with Crippen LogP contribution in [0, 0.1) is 11.3 Å². The minimum absolute atomic E-state index is 0. The fourth-order valence-electron chi connectivity index (χ4n) is 3.92. The van der Waals surface area contributed by atoms with Gasteiger partial charge in [0.2, 0.25) is 0 Å². The van der Waals surface area contributed by atoms with Gasteiger partial charge in [0.15, 0.2) is 0 Å². The standard InChI is InChI=1S/C22H32N4O3.ClH/c1-22(2,3)29-21(27)24-9-4-10-25-13-19-15-26(16-20(14-25)28-19)12-18-7-5-17(11-23)6-8-18;/h5-8,19-20H,4,9-10,12-16H2,1-3H3,(H,24,27);1H. The zero-order valence-electron chi connectivity index (χ0n) is 18.1. The van der Waals surface area contributed by atoms with Crippen LogP contribution < -0.4 is 5.32 Å². The number of amides is 1. The molecule has 1 aromatic rings. The van der Waals surface area contributed by atoms with Crippen molar-refractivity contribution in [1.29, 1.82) is 5.26 Å². The van der Waals surface area contributed by atoms with Gasteiger partial charge in [-0.25, -0.2) is 4.79 Å². The van der Waals surface area contributed by atoms with E-state index in [0.717, 1.165) is 45.7 Å². The van der Waals surface area contributed by atoms with Crippen LogP contribution in [0.5, 0.6) is 0 Å². The topological polar surface area (TPSA) is 77.8 Å². The van der Waals surface area contributed by atoms with E-state index >= 15 is 0 Å². The molecule has 2 saturated heterocycles. The zero-order valence-corrected chi connectivity index (χ0v) is 18.9. The first-order valence-corrected chi connectivity index (χ1v) is 10.4. The van der Waals surface area contributed by atoms with Crippen LogP contribution in [0.1, 0.15) is 38.3 Å². The smallest absolute Gasteiger partial charge is 0.407 e. The number of halogens is 1. The Morgan fingerprint density at radius 2 is 1.77 bits per heavy atom. The Balaban J connectivity index is 0.00000320. The number of morpholine rings is 2. The van der Waals surface area contributed by atoms with Gasteiger partial charge in [-0.15, -0.1) is 12.4 Å². The number of nitriles is 1. The Labute approximate surface area is 185 Å². The highest BCUT2D eigenvalue weighted by Gasteiger charge is 2.34. The Morgan fingerprint density at radius 1 is 1.17 bits per heavy atom. The number of carbonyl (C=O) groups is 1. The first-order chi connectivity index (χ1) is 13.8. The molecule has 30 heavy (non-hydrogen) atoms. The molecular formula is C22H33ClN4O3. The molecule has 0 spiro atoms. The molecule has 0 radical (unpaired) electrons. The molecule has 0 saturated carbocycles. The van der Waals surface area contributed by atoms with Crippen molar-refractivity contribution in [3.05, 3.63) is 35.4 Å². The van der Waals surface area contributed by atoms with Crippen LogP contribution in [0.3, 0.4) is 0 Å². The summed E-state index contributed by atoms with van der Waals surface area (Å²) in [5.41, 5.74) is 1.47. The average molecular weight is 437 g/mol. The molecule has 7 nitrogen and oxygen atoms in total. The lowest BCUT2D eigenvalue weighted by Gasteiger charge is -2.46. The molecule has 2 atom stereocenters. The third-order valence-corrected chi connectivity index (χ3v) is 5.04. The average Bonchev–Trinajstić information content (AvgIpc) is 2.64. The summed E-state index contributed by atoms with van der Waals surface area (Å²) >= 11 is 0. The zero-order chi connectivity index (χ0) is 20.9. The highest BCUT2D eigenvalue weighted by atomic mass is 35.5. The maximum Gasteiger partial charge on any atom is 0.407 e. The van der Waals surface area contributed by atoms with Gasteiger partial charge < -0.3 is 14.8 Å². The molecule has 0 aromatic heterocycles. The predicted octanol–water partition coefficient (Wildman–Crippen LogP) is 2.78. The molecule has 1 aromatic carbocycles. The summed E-state index contributed by atoms with van der Waals surface area (Å²) in [6.45, 7) is 11.7. The third kappa shape index (κ3) is 7.77. The lowest BCUT2D eigenvalue weighted by atomic mass is 10.1. The summed E-state index contributed by atoms with van der Waals surface area (Å²) in [6, 6.07) is 9.99. The monoisotopic (exact) mass is 436 g/mol. The van der Waals surface area contributed by atoms with E-state index in [1.54, 1.807) is 0 Å². The van der Waals surface area contributed by atoms with Crippen LogP contribution >= 0.6 is 12.4 Å². The number of alkyl carbamates (subject to hydrolysis) is 1. The molecule has 166 valence electrons. The van der Waals surface area contributed by atoms with Crippen LogP contribution in [-0.4, -0.2) is 73.0 Å². The number of hydrogen-bond donors (Lipinski definition) is 1. The van der Waals surface area contributed by atoms with E-state index in [-0.39, 0.29) is 30.7 Å². The van der Waals surface area contributed by atoms with Crippen molar-refractivity contribution in [2.75, 3.05) is 39.3 Å². The van der Waals surface area contributed by atoms with Crippen LogP contribution in [0.2, 0.25) is 0 Å². The minimum atomic E-state index is -0.463. The van der Waals surface area contributed by atoms with E-state index in [0.29, 0.717) is 12.1 Å². The predicted molar refractivity (Wildman–Crippen MR) is 118 cm³/mol. The molecule has 3 rings (SSSR count). The maximum absolute atomic E-state index is 11.7. The highest BCUT2D eigenvalue weighted by molar-refractivity contribution is 5.85. The van der Waals surface area contributed by atoms with Gasteiger partial charge in [-0.2, -0.15) is 5.26 Å². The number of rotatable bonds is 6. The van der Waals surface area contributed by atoms with Gasteiger partial charge >= 0.3 is 6.09 Å². The molecular weight excluding hydrogens is 404 g/mol. The minimum Gasteiger partial charge on any atom is -0.444 e. The van der Waals surface area contributed by atoms with Crippen molar-refractivity contribution in [2.45, 2.75) is 51.5 Å². The van der Waals surface area contributed by atoms with Gasteiger partial charge in [-0.1, -0.05) is 12.1 Å². The van der Waals surface area contributed by atoms with Crippen molar-refractivity contribution >= 4 is 18.5 Å². The van der Waals surface area contributed by atoms with Crippen molar-refractivity contribution in [1.82, 2.24) is 15.1 Å². The fourth-order valence-corrected chi connectivity index (χ4v) is 3.92. The Morgan fingerprint density at radius 3 is 2.33 bits per heavy atom. The summed E-state index contributed by atoms with van der Waals surface area (Å²) in [5, 5.41) is 11.7. The number of nitrogens with one attached hydrogen (secondary N) is 1. The number of fused-ring (bicyclic) bond motifs is 2. The van der Waals surface area contributed by atoms with Gasteiger partial charge in [0, 0.05) is 45.8 Å². The van der Waals surface area contributed by atoms with E-state index in [9.17, 15) is 4.79 Å². The lowest BCUT2D eigenvalue weighted by molar-refractivity contribution is -0.140. The van der Waals surface area contributed by atoms with E-state index in [1.807, 2.05) is 45.0 Å². The van der Waals surface area contributed by atoms with E-state index in [2.05, 4.69) is 21.2 Å². The third-order valence-electron chi connectivity index (χ3n) is 5.04. The quantitative estimate of drug-likeness (QED) is 0.691. The SMILES string of the molecule is CC(C)(C)OC(=O)NCCCN1CC2CN(Cc3ccc(C#N)cc3)CC(C1)O2.Cl. The van der Waals surface area contributed by atoms with Gasteiger partial charge in [0.1, 0.15) is 5.60 Å². The van der Waals surface area contributed by atoms with Crippen LogP contribution in [0.15, 0.2) is 24.3 Å². The Bertz CT molecular complexity index is 715. The van der Waals surface area contributed by atoms with Crippen molar-refractivity contribution in [3.63, 3.8) is 0 Å². The molecule has 2 fully saturated rings. The maximum atomic E-state index is 11.7. The van der Waals surface area contributed by atoms with Gasteiger partial charge in [-0.05, 0) is 44.9 Å². The number of ether oxygens (including phenoxy) is 2. The molecule has 1 amide bonds. The highest BCUT2D eigenvalue weighted by Crippen LogP contribution is 2.21. The number of benzene rings is 1. The van der Waals surface area contributed by atoms with E-state index in [1.165, 1.54) is 5.56 Å². The van der Waals surface area contributed by atoms with E-state index in [4.69, 9.17) is 14.7 Å². The molecule has 8 heteroatoms. The van der Waals surface area contributed by atoms with Gasteiger partial charge in [0.25, 0.3) is 0 Å². The van der Waals surface area contributed by atoms with Crippen LogP contribution in [0.4, 0.5) is 4.79 Å².